The molecule has 0 aliphatic carbocycles. The molecule has 1 unspecified atom stereocenters. The number of methoxy groups -OCH3 is 1. The molecule has 2 N–H and O–H groups in total. The maximum Gasteiger partial charge on any atom is 0.420 e. The predicted octanol–water partition coefficient (Wildman–Crippen LogP) is 3.02. The summed E-state index contributed by atoms with van der Waals surface area (Å²) in [5.41, 5.74) is 0.949. The van der Waals surface area contributed by atoms with Crippen molar-refractivity contribution in [2.75, 3.05) is 12.4 Å². The topological polar surface area (TPSA) is 106 Å². The Bertz CT molecular complexity index is 1170. The third-order valence-corrected chi connectivity index (χ3v) is 5.67. The minimum Gasteiger partial charge on any atom is -0.452 e. The van der Waals surface area contributed by atoms with E-state index in [1.807, 2.05) is 0 Å². The van der Waals surface area contributed by atoms with Crippen LogP contribution in [0.5, 0.6) is 0 Å². The lowest BCUT2D eigenvalue weighted by Gasteiger charge is -2.16. The number of aromatic nitrogens is 1. The lowest BCUT2D eigenvalue weighted by molar-refractivity contribution is -0.118. The maximum absolute atomic E-state index is 13.8. The van der Waals surface area contributed by atoms with Crippen LogP contribution in [-0.2, 0) is 19.6 Å². The fourth-order valence-corrected chi connectivity index (χ4v) is 3.70. The molecule has 0 spiro atoms. The summed E-state index contributed by atoms with van der Waals surface area (Å²) in [6, 6.07) is 10.9. The second kappa shape index (κ2) is 7.92. The molecule has 152 valence electrons. The number of halogens is 1. The standard InChI is InChI=1S/C19H18FN3O5S/c1-12(23-11-10-15-16(20)4-3-5-17(15)23)18(24)21-13-6-8-14(9-7-13)29(26,27)22-19(25)28-2/h3-12H,1-2H3,(H,21,24)(H,22,25). The van der Waals surface area contributed by atoms with Crippen molar-refractivity contribution in [3.05, 3.63) is 60.5 Å². The van der Waals surface area contributed by atoms with E-state index in [4.69, 9.17) is 0 Å². The average Bonchev–Trinajstić information content (AvgIpc) is 3.12. The van der Waals surface area contributed by atoms with E-state index < -0.39 is 22.2 Å². The molecule has 0 radical (unpaired) electrons. The van der Waals surface area contributed by atoms with E-state index in [0.29, 0.717) is 16.6 Å². The molecule has 8 nitrogen and oxygen atoms in total. The van der Waals surface area contributed by atoms with Gasteiger partial charge in [0.2, 0.25) is 5.91 Å². The number of nitrogens with zero attached hydrogens (tertiary/aromatic N) is 1. The van der Waals surface area contributed by atoms with Gasteiger partial charge in [0.15, 0.2) is 0 Å². The highest BCUT2D eigenvalue weighted by Crippen LogP contribution is 2.23. The van der Waals surface area contributed by atoms with E-state index in [9.17, 15) is 22.4 Å². The number of rotatable bonds is 5. The minimum atomic E-state index is -4.07. The van der Waals surface area contributed by atoms with Gasteiger partial charge in [0.25, 0.3) is 10.0 Å². The number of sulfonamides is 1. The fourth-order valence-electron chi connectivity index (χ4n) is 2.79. The molecule has 0 saturated carbocycles. The number of amides is 2. The zero-order chi connectivity index (χ0) is 21.2. The summed E-state index contributed by atoms with van der Waals surface area (Å²) in [6.45, 7) is 1.67. The van der Waals surface area contributed by atoms with Gasteiger partial charge in [-0.05, 0) is 49.4 Å². The lowest BCUT2D eigenvalue weighted by Crippen LogP contribution is -2.30. The van der Waals surface area contributed by atoms with Gasteiger partial charge in [0.05, 0.1) is 17.5 Å². The van der Waals surface area contributed by atoms with E-state index in [-0.39, 0.29) is 16.6 Å². The first-order valence-corrected chi connectivity index (χ1v) is 9.98. The Morgan fingerprint density at radius 2 is 1.79 bits per heavy atom. The largest absolute Gasteiger partial charge is 0.452 e. The van der Waals surface area contributed by atoms with Crippen LogP contribution in [0.25, 0.3) is 10.9 Å². The van der Waals surface area contributed by atoms with Gasteiger partial charge in [-0.2, -0.15) is 0 Å². The second-order valence-corrected chi connectivity index (χ2v) is 7.86. The van der Waals surface area contributed by atoms with E-state index in [2.05, 4.69) is 10.1 Å². The van der Waals surface area contributed by atoms with Crippen LogP contribution in [0.1, 0.15) is 13.0 Å². The van der Waals surface area contributed by atoms with E-state index >= 15 is 0 Å². The Balaban J connectivity index is 1.75. The number of ether oxygens (including phenoxy) is 1. The van der Waals surface area contributed by atoms with Crippen molar-refractivity contribution in [1.82, 2.24) is 9.29 Å². The Morgan fingerprint density at radius 1 is 1.10 bits per heavy atom. The third kappa shape index (κ3) is 4.21. The monoisotopic (exact) mass is 419 g/mol. The third-order valence-electron chi connectivity index (χ3n) is 4.34. The summed E-state index contributed by atoms with van der Waals surface area (Å²) < 4.78 is 45.5. The first kappa shape index (κ1) is 20.3. The second-order valence-electron chi connectivity index (χ2n) is 6.18. The first-order chi connectivity index (χ1) is 13.7. The van der Waals surface area contributed by atoms with Gasteiger partial charge in [-0.25, -0.2) is 22.3 Å². The summed E-state index contributed by atoms with van der Waals surface area (Å²) in [6.07, 6.45) is 0.526. The number of carbonyl (C=O) groups excluding carboxylic acids is 2. The van der Waals surface area contributed by atoms with Gasteiger partial charge in [-0.3, -0.25) is 4.79 Å². The normalized spacial score (nSPS) is 12.4. The van der Waals surface area contributed by atoms with Gasteiger partial charge < -0.3 is 14.6 Å². The zero-order valence-electron chi connectivity index (χ0n) is 15.5. The van der Waals surface area contributed by atoms with Gasteiger partial charge >= 0.3 is 6.09 Å². The van der Waals surface area contributed by atoms with E-state index in [0.717, 1.165) is 7.11 Å². The summed E-state index contributed by atoms with van der Waals surface area (Å²) in [5.74, 6) is -0.735. The summed E-state index contributed by atoms with van der Waals surface area (Å²) in [5, 5.41) is 3.10. The van der Waals surface area contributed by atoms with Crippen LogP contribution in [-0.4, -0.2) is 32.1 Å². The van der Waals surface area contributed by atoms with Crippen LogP contribution in [0.15, 0.2) is 59.6 Å². The van der Waals surface area contributed by atoms with Gasteiger partial charge in [0, 0.05) is 17.3 Å². The molecule has 2 amide bonds. The number of fused-ring (bicyclic) bond motifs is 1. The SMILES string of the molecule is COC(=O)NS(=O)(=O)c1ccc(NC(=O)C(C)n2ccc3c(F)cccc32)cc1. The van der Waals surface area contributed by atoms with Crippen molar-refractivity contribution in [2.45, 2.75) is 17.9 Å². The van der Waals surface area contributed by atoms with Crippen LogP contribution >= 0.6 is 0 Å². The molecule has 3 aromatic rings. The molecule has 1 heterocycles. The molecular formula is C19H18FN3O5S. The van der Waals surface area contributed by atoms with Crippen LogP contribution < -0.4 is 10.0 Å². The van der Waals surface area contributed by atoms with Crippen molar-refractivity contribution >= 4 is 38.6 Å². The minimum absolute atomic E-state index is 0.166. The van der Waals surface area contributed by atoms with E-state index in [1.54, 1.807) is 40.6 Å². The molecular weight excluding hydrogens is 401 g/mol. The van der Waals surface area contributed by atoms with Crippen molar-refractivity contribution in [1.29, 1.82) is 0 Å². The molecule has 10 heteroatoms. The number of benzene rings is 2. The number of anilines is 1. The summed E-state index contributed by atoms with van der Waals surface area (Å²) in [7, 11) is -3.03. The lowest BCUT2D eigenvalue weighted by atomic mass is 10.2. The summed E-state index contributed by atoms with van der Waals surface area (Å²) in [4.78, 5) is 23.5. The Labute approximate surface area is 166 Å². The molecule has 29 heavy (non-hydrogen) atoms. The van der Waals surface area contributed by atoms with E-state index in [1.165, 1.54) is 30.3 Å². The number of hydrogen-bond acceptors (Lipinski definition) is 5. The molecule has 1 aromatic heterocycles. The van der Waals surface area contributed by atoms with Gasteiger partial charge in [-0.1, -0.05) is 6.07 Å². The highest BCUT2D eigenvalue weighted by Gasteiger charge is 2.20. The maximum atomic E-state index is 13.8. The molecule has 0 saturated heterocycles. The molecule has 2 aromatic carbocycles. The Morgan fingerprint density at radius 3 is 2.45 bits per heavy atom. The number of nitrogens with one attached hydrogen (secondary N) is 2. The summed E-state index contributed by atoms with van der Waals surface area (Å²) >= 11 is 0. The van der Waals surface area contributed by atoms with Crippen molar-refractivity contribution in [3.63, 3.8) is 0 Å². The number of hydrogen-bond donors (Lipinski definition) is 2. The van der Waals surface area contributed by atoms with Crippen LogP contribution in [0.4, 0.5) is 14.9 Å². The van der Waals surface area contributed by atoms with Crippen molar-refractivity contribution in [3.8, 4) is 0 Å². The van der Waals surface area contributed by atoms with Crippen molar-refractivity contribution in [2.24, 2.45) is 0 Å². The molecule has 0 bridgehead atoms. The Hall–Kier alpha value is -3.40. The highest BCUT2D eigenvalue weighted by molar-refractivity contribution is 7.90. The first-order valence-electron chi connectivity index (χ1n) is 8.49. The smallest absolute Gasteiger partial charge is 0.420 e. The quantitative estimate of drug-likeness (QED) is 0.661. The van der Waals surface area contributed by atoms with Crippen LogP contribution in [0.2, 0.25) is 0 Å². The molecule has 1 atom stereocenters. The molecule has 0 fully saturated rings. The fraction of sp³-hybridized carbons (Fsp3) is 0.158. The molecule has 0 aliphatic rings. The van der Waals surface area contributed by atoms with Crippen LogP contribution in [0, 0.1) is 5.82 Å². The zero-order valence-corrected chi connectivity index (χ0v) is 16.4. The highest BCUT2D eigenvalue weighted by atomic mass is 32.2. The molecule has 0 aliphatic heterocycles. The van der Waals surface area contributed by atoms with Crippen molar-refractivity contribution < 1.29 is 27.1 Å². The predicted molar refractivity (Wildman–Crippen MR) is 104 cm³/mol. The average molecular weight is 419 g/mol. The van der Waals surface area contributed by atoms with Crippen LogP contribution in [0.3, 0.4) is 0 Å². The van der Waals surface area contributed by atoms with Gasteiger partial charge in [0.1, 0.15) is 11.9 Å². The van der Waals surface area contributed by atoms with Gasteiger partial charge in [-0.15, -0.1) is 0 Å². The number of carbonyl (C=O) groups is 2. The Kier molecular flexibility index (Phi) is 5.55. The molecule has 3 rings (SSSR count).